The smallest absolute Gasteiger partial charge is 0.342 e. The Bertz CT molecular complexity index is 425. The minimum Gasteiger partial charge on any atom is -0.497 e. The van der Waals surface area contributed by atoms with Crippen LogP contribution >= 0.6 is 0 Å². The molecule has 0 N–H and O–H groups in total. The van der Waals surface area contributed by atoms with Gasteiger partial charge in [-0.1, -0.05) is 0 Å². The van der Waals surface area contributed by atoms with E-state index in [2.05, 4.69) is 0 Å². The number of carbonyl (C=O) groups is 1. The van der Waals surface area contributed by atoms with E-state index in [0.29, 0.717) is 36.9 Å². The molecule has 0 aromatic heterocycles. The van der Waals surface area contributed by atoms with Crippen LogP contribution in [0.15, 0.2) is 18.2 Å². The van der Waals surface area contributed by atoms with Crippen LogP contribution in [0.4, 0.5) is 0 Å². The second kappa shape index (κ2) is 5.73. The first-order chi connectivity index (χ1) is 8.74. The zero-order chi connectivity index (χ0) is 13.0. The summed E-state index contributed by atoms with van der Waals surface area (Å²) in [7, 11) is 1.54. The van der Waals surface area contributed by atoms with E-state index in [4.69, 9.17) is 18.9 Å². The summed E-state index contributed by atoms with van der Waals surface area (Å²) < 4.78 is 20.7. The second-order valence-corrected chi connectivity index (χ2v) is 3.85. The summed E-state index contributed by atoms with van der Waals surface area (Å²) in [4.78, 5) is 11.8. The number of benzene rings is 1. The van der Waals surface area contributed by atoms with E-state index in [9.17, 15) is 4.79 Å². The summed E-state index contributed by atoms with van der Waals surface area (Å²) in [6.45, 7) is 3.24. The van der Waals surface area contributed by atoms with Crippen molar-refractivity contribution in [3.05, 3.63) is 23.8 Å². The summed E-state index contributed by atoms with van der Waals surface area (Å²) >= 11 is 0. The molecule has 1 heterocycles. The summed E-state index contributed by atoms with van der Waals surface area (Å²) in [5, 5.41) is 0. The van der Waals surface area contributed by atoms with Crippen LogP contribution < -0.4 is 9.47 Å². The molecule has 1 aromatic rings. The first kappa shape index (κ1) is 12.7. The third-order valence-corrected chi connectivity index (χ3v) is 2.51. The molecule has 0 bridgehead atoms. The van der Waals surface area contributed by atoms with Gasteiger partial charge in [0, 0.05) is 0 Å². The first-order valence-electron chi connectivity index (χ1n) is 5.84. The second-order valence-electron chi connectivity index (χ2n) is 3.85. The molecule has 1 saturated heterocycles. The van der Waals surface area contributed by atoms with Crippen LogP contribution in [-0.2, 0) is 9.47 Å². The monoisotopic (exact) mass is 252 g/mol. The number of rotatable bonds is 6. The van der Waals surface area contributed by atoms with Crippen LogP contribution in [0.5, 0.6) is 11.5 Å². The van der Waals surface area contributed by atoms with Gasteiger partial charge in [-0.05, 0) is 25.1 Å². The van der Waals surface area contributed by atoms with Crippen molar-refractivity contribution in [2.75, 3.05) is 26.9 Å². The predicted molar refractivity (Wildman–Crippen MR) is 64.2 cm³/mol. The summed E-state index contributed by atoms with van der Waals surface area (Å²) in [5.41, 5.74) is 0.372. The van der Waals surface area contributed by atoms with Gasteiger partial charge in [-0.15, -0.1) is 0 Å². The molecule has 1 unspecified atom stereocenters. The van der Waals surface area contributed by atoms with E-state index in [-0.39, 0.29) is 6.10 Å². The number of hydrogen-bond acceptors (Lipinski definition) is 5. The Morgan fingerprint density at radius 2 is 2.28 bits per heavy atom. The topological polar surface area (TPSA) is 57.3 Å². The molecular weight excluding hydrogens is 236 g/mol. The molecule has 98 valence electrons. The van der Waals surface area contributed by atoms with Crippen molar-refractivity contribution >= 4 is 5.97 Å². The predicted octanol–water partition coefficient (Wildman–Crippen LogP) is 1.65. The Morgan fingerprint density at radius 1 is 1.50 bits per heavy atom. The number of hydrogen-bond donors (Lipinski definition) is 0. The maximum Gasteiger partial charge on any atom is 0.342 e. The first-order valence-corrected chi connectivity index (χ1v) is 5.84. The summed E-state index contributed by atoms with van der Waals surface area (Å²) in [6, 6.07) is 5.06. The minimum absolute atomic E-state index is 0.141. The average molecular weight is 252 g/mol. The van der Waals surface area contributed by atoms with Gasteiger partial charge in [0.15, 0.2) is 0 Å². The number of ether oxygens (including phenoxy) is 4. The highest BCUT2D eigenvalue weighted by Crippen LogP contribution is 2.26. The van der Waals surface area contributed by atoms with Crippen LogP contribution in [0, 0.1) is 0 Å². The fourth-order valence-electron chi connectivity index (χ4n) is 1.48. The number of esters is 1. The van der Waals surface area contributed by atoms with E-state index in [1.54, 1.807) is 32.2 Å². The van der Waals surface area contributed by atoms with Crippen molar-refractivity contribution in [1.82, 2.24) is 0 Å². The van der Waals surface area contributed by atoms with E-state index < -0.39 is 5.97 Å². The molecule has 1 atom stereocenters. The van der Waals surface area contributed by atoms with Gasteiger partial charge in [-0.2, -0.15) is 0 Å². The molecule has 0 spiro atoms. The summed E-state index contributed by atoms with van der Waals surface area (Å²) in [5.74, 6) is 0.668. The van der Waals surface area contributed by atoms with Gasteiger partial charge >= 0.3 is 5.97 Å². The fraction of sp³-hybridized carbons (Fsp3) is 0.462. The lowest BCUT2D eigenvalue weighted by atomic mass is 10.2. The van der Waals surface area contributed by atoms with Crippen molar-refractivity contribution < 1.29 is 23.7 Å². The highest BCUT2D eigenvalue weighted by atomic mass is 16.6. The fourth-order valence-corrected chi connectivity index (χ4v) is 1.48. The standard InChI is InChI=1S/C13H16O5/c1-3-16-13(14)11-6-9(15-2)4-5-12(11)18-8-10-7-17-10/h4-6,10H,3,7-8H2,1-2H3. The highest BCUT2D eigenvalue weighted by molar-refractivity contribution is 5.93. The Kier molecular flexibility index (Phi) is 4.04. The molecule has 5 nitrogen and oxygen atoms in total. The molecule has 1 aromatic carbocycles. The van der Waals surface area contributed by atoms with E-state index in [1.165, 1.54) is 0 Å². The van der Waals surface area contributed by atoms with Crippen LogP contribution in [0.1, 0.15) is 17.3 Å². The van der Waals surface area contributed by atoms with E-state index >= 15 is 0 Å². The van der Waals surface area contributed by atoms with Gasteiger partial charge in [0.2, 0.25) is 0 Å². The third-order valence-electron chi connectivity index (χ3n) is 2.51. The number of methoxy groups -OCH3 is 1. The molecule has 18 heavy (non-hydrogen) atoms. The van der Waals surface area contributed by atoms with Crippen molar-refractivity contribution in [2.24, 2.45) is 0 Å². The Hall–Kier alpha value is -1.75. The molecule has 5 heteroatoms. The van der Waals surface area contributed by atoms with E-state index in [0.717, 1.165) is 0 Å². The normalized spacial score (nSPS) is 17.1. The van der Waals surface area contributed by atoms with Gasteiger partial charge in [-0.3, -0.25) is 0 Å². The quantitative estimate of drug-likeness (QED) is 0.569. The lowest BCUT2D eigenvalue weighted by Crippen LogP contribution is -2.11. The molecule has 1 fully saturated rings. The van der Waals surface area contributed by atoms with Gasteiger partial charge in [0.25, 0.3) is 0 Å². The third kappa shape index (κ3) is 3.13. The Labute approximate surface area is 106 Å². The molecular formula is C13H16O5. The number of carbonyl (C=O) groups excluding carboxylic acids is 1. The molecule has 0 saturated carbocycles. The van der Waals surface area contributed by atoms with Gasteiger partial charge < -0.3 is 18.9 Å². The summed E-state index contributed by atoms with van der Waals surface area (Å²) in [6.07, 6.45) is 0.141. The highest BCUT2D eigenvalue weighted by Gasteiger charge is 2.24. The molecule has 0 radical (unpaired) electrons. The Morgan fingerprint density at radius 3 is 2.89 bits per heavy atom. The lowest BCUT2D eigenvalue weighted by molar-refractivity contribution is 0.0520. The van der Waals surface area contributed by atoms with E-state index in [1.807, 2.05) is 0 Å². The molecule has 0 amide bonds. The molecule has 2 rings (SSSR count). The van der Waals surface area contributed by atoms with Crippen molar-refractivity contribution in [2.45, 2.75) is 13.0 Å². The maximum atomic E-state index is 11.8. The van der Waals surface area contributed by atoms with Crippen LogP contribution in [0.25, 0.3) is 0 Å². The van der Waals surface area contributed by atoms with Crippen molar-refractivity contribution in [1.29, 1.82) is 0 Å². The maximum absolute atomic E-state index is 11.8. The number of epoxide rings is 1. The average Bonchev–Trinajstić information content (AvgIpc) is 3.20. The molecule has 0 aliphatic carbocycles. The molecule has 1 aliphatic rings. The SMILES string of the molecule is CCOC(=O)c1cc(OC)ccc1OCC1CO1. The van der Waals surface area contributed by atoms with Gasteiger partial charge in [0.1, 0.15) is 29.8 Å². The van der Waals surface area contributed by atoms with Crippen LogP contribution in [-0.4, -0.2) is 39.0 Å². The van der Waals surface area contributed by atoms with Crippen molar-refractivity contribution in [3.8, 4) is 11.5 Å². The van der Waals surface area contributed by atoms with Gasteiger partial charge in [-0.25, -0.2) is 4.79 Å². The molecule has 1 aliphatic heterocycles. The largest absolute Gasteiger partial charge is 0.497 e. The lowest BCUT2D eigenvalue weighted by Gasteiger charge is -2.11. The minimum atomic E-state index is -0.414. The van der Waals surface area contributed by atoms with Crippen molar-refractivity contribution in [3.63, 3.8) is 0 Å². The Balaban J connectivity index is 2.16. The van der Waals surface area contributed by atoms with Crippen LogP contribution in [0.3, 0.4) is 0 Å². The van der Waals surface area contributed by atoms with Gasteiger partial charge in [0.05, 0.1) is 20.3 Å². The van der Waals surface area contributed by atoms with Crippen LogP contribution in [0.2, 0.25) is 0 Å². The zero-order valence-electron chi connectivity index (χ0n) is 10.5. The zero-order valence-corrected chi connectivity index (χ0v) is 10.5.